The van der Waals surface area contributed by atoms with E-state index in [1.165, 1.54) is 18.4 Å². The highest BCUT2D eigenvalue weighted by Gasteiger charge is 2.34. The number of unbranched alkanes of at least 4 members (excludes halogenated alkanes) is 1. The molecule has 0 N–H and O–H groups in total. The van der Waals surface area contributed by atoms with E-state index in [1.807, 2.05) is 53.4 Å². The molecule has 5 heteroatoms. The second-order valence-corrected chi connectivity index (χ2v) is 8.95. The van der Waals surface area contributed by atoms with E-state index < -0.39 is 0 Å². The largest absolute Gasteiger partial charge is 0.492 e. The van der Waals surface area contributed by atoms with Gasteiger partial charge >= 0.3 is 0 Å². The third-order valence-electron chi connectivity index (χ3n) is 6.57. The fourth-order valence-corrected chi connectivity index (χ4v) is 4.77. The number of aromatic nitrogens is 2. The van der Waals surface area contributed by atoms with Gasteiger partial charge in [0.15, 0.2) is 0 Å². The standard InChI is InChI=1S/C29H31N3O2/c1-2-3-9-22-14-16-24(17-15-22)32-21-23(20-28(32)33)29-30-26-12-7-8-13-27(26)31(29)18-19-34-25-10-5-4-6-11-25/h4-8,10-17,23H,2-3,9,18-21H2,1H3. The SMILES string of the molecule is CCCCc1ccc(N2CC(c3nc4ccccc4n3CCOc3ccccc3)CC2=O)cc1. The molecule has 1 aromatic heterocycles. The Bertz CT molecular complexity index is 1250. The average molecular weight is 454 g/mol. The minimum Gasteiger partial charge on any atom is -0.492 e. The van der Waals surface area contributed by atoms with Crippen LogP contribution in [-0.2, 0) is 17.8 Å². The molecule has 2 heterocycles. The molecule has 1 saturated heterocycles. The number of carbonyl (C=O) groups excluding carboxylic acids is 1. The van der Waals surface area contributed by atoms with Crippen LogP contribution >= 0.6 is 0 Å². The summed E-state index contributed by atoms with van der Waals surface area (Å²) < 4.78 is 8.20. The van der Waals surface area contributed by atoms with Crippen molar-refractivity contribution in [3.8, 4) is 5.75 Å². The Morgan fingerprint density at radius 3 is 2.53 bits per heavy atom. The van der Waals surface area contributed by atoms with Gasteiger partial charge in [0, 0.05) is 24.6 Å². The van der Waals surface area contributed by atoms with E-state index in [4.69, 9.17) is 9.72 Å². The van der Waals surface area contributed by atoms with Crippen molar-refractivity contribution < 1.29 is 9.53 Å². The van der Waals surface area contributed by atoms with Crippen LogP contribution in [0.3, 0.4) is 0 Å². The zero-order valence-electron chi connectivity index (χ0n) is 19.7. The van der Waals surface area contributed by atoms with Crippen molar-refractivity contribution >= 4 is 22.6 Å². The minimum absolute atomic E-state index is 0.0522. The number of hydrogen-bond acceptors (Lipinski definition) is 3. The number of benzene rings is 3. The molecule has 174 valence electrons. The highest BCUT2D eigenvalue weighted by molar-refractivity contribution is 5.96. The molecule has 1 atom stereocenters. The number of carbonyl (C=O) groups is 1. The highest BCUT2D eigenvalue weighted by Crippen LogP contribution is 2.33. The number of rotatable bonds is 9. The zero-order chi connectivity index (χ0) is 23.3. The lowest BCUT2D eigenvalue weighted by Gasteiger charge is -2.18. The summed E-state index contributed by atoms with van der Waals surface area (Å²) in [5.74, 6) is 2.04. The molecule has 1 aliphatic rings. The number of amides is 1. The lowest BCUT2D eigenvalue weighted by molar-refractivity contribution is -0.117. The van der Waals surface area contributed by atoms with Crippen LogP contribution in [0.5, 0.6) is 5.75 Å². The van der Waals surface area contributed by atoms with E-state index >= 15 is 0 Å². The maximum absolute atomic E-state index is 13.0. The Morgan fingerprint density at radius 2 is 1.74 bits per heavy atom. The molecule has 5 nitrogen and oxygen atoms in total. The normalized spacial score (nSPS) is 15.9. The maximum atomic E-state index is 13.0. The molecule has 1 unspecified atom stereocenters. The summed E-state index contributed by atoms with van der Waals surface area (Å²) >= 11 is 0. The minimum atomic E-state index is 0.0522. The van der Waals surface area contributed by atoms with E-state index in [1.54, 1.807) is 0 Å². The van der Waals surface area contributed by atoms with Gasteiger partial charge in [-0.25, -0.2) is 4.98 Å². The van der Waals surface area contributed by atoms with Crippen molar-refractivity contribution in [2.24, 2.45) is 0 Å². The second-order valence-electron chi connectivity index (χ2n) is 8.95. The second kappa shape index (κ2) is 10.1. The van der Waals surface area contributed by atoms with Crippen molar-refractivity contribution in [1.82, 2.24) is 9.55 Å². The highest BCUT2D eigenvalue weighted by atomic mass is 16.5. The summed E-state index contributed by atoms with van der Waals surface area (Å²) in [5.41, 5.74) is 4.35. The molecule has 0 radical (unpaired) electrons. The van der Waals surface area contributed by atoms with Gasteiger partial charge in [0.05, 0.1) is 17.6 Å². The third-order valence-corrected chi connectivity index (χ3v) is 6.57. The van der Waals surface area contributed by atoms with Gasteiger partial charge in [-0.2, -0.15) is 0 Å². The monoisotopic (exact) mass is 453 g/mol. The predicted octanol–water partition coefficient (Wildman–Crippen LogP) is 5.98. The lowest BCUT2D eigenvalue weighted by atomic mass is 10.1. The lowest BCUT2D eigenvalue weighted by Crippen LogP contribution is -2.24. The summed E-state index contributed by atoms with van der Waals surface area (Å²) in [6, 6.07) is 26.5. The van der Waals surface area contributed by atoms with E-state index in [0.717, 1.165) is 34.7 Å². The van der Waals surface area contributed by atoms with Gasteiger partial charge in [0.1, 0.15) is 18.2 Å². The molecule has 1 amide bonds. The van der Waals surface area contributed by atoms with E-state index in [0.29, 0.717) is 26.1 Å². The Morgan fingerprint density at radius 1 is 0.971 bits per heavy atom. The zero-order valence-corrected chi connectivity index (χ0v) is 19.7. The smallest absolute Gasteiger partial charge is 0.227 e. The summed E-state index contributed by atoms with van der Waals surface area (Å²) in [7, 11) is 0. The average Bonchev–Trinajstić information content (AvgIpc) is 3.44. The van der Waals surface area contributed by atoms with Gasteiger partial charge < -0.3 is 14.2 Å². The van der Waals surface area contributed by atoms with Crippen LogP contribution in [0.2, 0.25) is 0 Å². The van der Waals surface area contributed by atoms with Crippen molar-refractivity contribution in [2.45, 2.75) is 45.1 Å². The number of ether oxygens (including phenoxy) is 1. The molecule has 3 aromatic carbocycles. The molecule has 0 bridgehead atoms. The quantitative estimate of drug-likeness (QED) is 0.313. The molecule has 1 aliphatic heterocycles. The van der Waals surface area contributed by atoms with Gasteiger partial charge in [0.2, 0.25) is 5.91 Å². The Kier molecular flexibility index (Phi) is 6.61. The summed E-state index contributed by atoms with van der Waals surface area (Å²) in [6.45, 7) is 4.08. The number of para-hydroxylation sites is 3. The van der Waals surface area contributed by atoms with Gasteiger partial charge in [-0.1, -0.05) is 55.8 Å². The van der Waals surface area contributed by atoms with Gasteiger partial charge in [-0.3, -0.25) is 4.79 Å². The number of aryl methyl sites for hydroxylation is 1. The maximum Gasteiger partial charge on any atom is 0.227 e. The van der Waals surface area contributed by atoms with E-state index in [9.17, 15) is 4.79 Å². The molecule has 0 saturated carbocycles. The van der Waals surface area contributed by atoms with Crippen LogP contribution in [0.25, 0.3) is 11.0 Å². The number of imidazole rings is 1. The third kappa shape index (κ3) is 4.69. The van der Waals surface area contributed by atoms with Gasteiger partial charge in [-0.05, 0) is 54.8 Å². The molecular formula is C29H31N3O2. The molecule has 1 fully saturated rings. The van der Waals surface area contributed by atoms with Gasteiger partial charge in [0.25, 0.3) is 0 Å². The number of hydrogen-bond donors (Lipinski definition) is 0. The summed E-state index contributed by atoms with van der Waals surface area (Å²) in [4.78, 5) is 19.9. The first-order chi connectivity index (χ1) is 16.7. The van der Waals surface area contributed by atoms with Crippen LogP contribution in [0.15, 0.2) is 78.9 Å². The Labute approximate surface area is 201 Å². The summed E-state index contributed by atoms with van der Waals surface area (Å²) in [5, 5.41) is 0. The fourth-order valence-electron chi connectivity index (χ4n) is 4.77. The number of fused-ring (bicyclic) bond motifs is 1. The molecule has 34 heavy (non-hydrogen) atoms. The molecule has 5 rings (SSSR count). The number of nitrogens with zero attached hydrogens (tertiary/aromatic N) is 3. The van der Waals surface area contributed by atoms with Crippen LogP contribution in [-0.4, -0.2) is 28.6 Å². The topological polar surface area (TPSA) is 47.4 Å². The van der Waals surface area contributed by atoms with Crippen LogP contribution < -0.4 is 9.64 Å². The van der Waals surface area contributed by atoms with Crippen LogP contribution in [0.4, 0.5) is 5.69 Å². The van der Waals surface area contributed by atoms with E-state index in [-0.39, 0.29) is 11.8 Å². The van der Waals surface area contributed by atoms with Crippen molar-refractivity contribution in [3.63, 3.8) is 0 Å². The van der Waals surface area contributed by atoms with Gasteiger partial charge in [-0.15, -0.1) is 0 Å². The van der Waals surface area contributed by atoms with E-state index in [2.05, 4.69) is 41.8 Å². The number of anilines is 1. The van der Waals surface area contributed by atoms with Crippen molar-refractivity contribution in [2.75, 3.05) is 18.1 Å². The molecule has 4 aromatic rings. The summed E-state index contributed by atoms with van der Waals surface area (Å²) in [6.07, 6.45) is 3.93. The molecule has 0 aliphatic carbocycles. The first-order valence-electron chi connectivity index (χ1n) is 12.2. The van der Waals surface area contributed by atoms with Crippen LogP contribution in [0, 0.1) is 0 Å². The Balaban J connectivity index is 1.35. The van der Waals surface area contributed by atoms with Crippen molar-refractivity contribution in [1.29, 1.82) is 0 Å². The van der Waals surface area contributed by atoms with Crippen molar-refractivity contribution in [3.05, 3.63) is 90.3 Å². The fraction of sp³-hybridized carbons (Fsp3) is 0.310. The Hall–Kier alpha value is -3.60. The predicted molar refractivity (Wildman–Crippen MR) is 136 cm³/mol. The molecular weight excluding hydrogens is 422 g/mol. The first-order valence-corrected chi connectivity index (χ1v) is 12.2. The first kappa shape index (κ1) is 22.2. The molecule has 0 spiro atoms. The van der Waals surface area contributed by atoms with Crippen LogP contribution in [0.1, 0.15) is 43.5 Å².